The third-order valence-corrected chi connectivity index (χ3v) is 1.71. The molecule has 1 rings (SSSR count). The van der Waals surface area contributed by atoms with E-state index in [0.29, 0.717) is 6.07 Å². The Bertz CT molecular complexity index is 418. The van der Waals surface area contributed by atoms with Crippen LogP contribution in [0.1, 0.15) is 5.56 Å². The Morgan fingerprint density at radius 3 is 2.80 bits per heavy atom. The first kappa shape index (κ1) is 11.1. The van der Waals surface area contributed by atoms with Crippen molar-refractivity contribution >= 4 is 11.8 Å². The van der Waals surface area contributed by atoms with E-state index < -0.39 is 22.2 Å². The first-order valence-electron chi connectivity index (χ1n) is 4.09. The minimum Gasteiger partial charge on any atom is -0.502 e. The van der Waals surface area contributed by atoms with Gasteiger partial charge in [0.15, 0.2) is 0 Å². The van der Waals surface area contributed by atoms with Crippen LogP contribution < -0.4 is 5.73 Å². The van der Waals surface area contributed by atoms with Crippen molar-refractivity contribution in [1.29, 1.82) is 0 Å². The Labute approximate surface area is 84.8 Å². The van der Waals surface area contributed by atoms with Gasteiger partial charge in [0.1, 0.15) is 5.82 Å². The number of benzene rings is 1. The van der Waals surface area contributed by atoms with Crippen molar-refractivity contribution in [1.82, 2.24) is 0 Å². The van der Waals surface area contributed by atoms with Gasteiger partial charge in [0, 0.05) is 12.1 Å². The maximum atomic E-state index is 12.9. The molecule has 0 aliphatic carbocycles. The van der Waals surface area contributed by atoms with E-state index in [4.69, 9.17) is 5.73 Å². The highest BCUT2D eigenvalue weighted by Crippen LogP contribution is 2.31. The molecule has 15 heavy (non-hydrogen) atoms. The first-order chi connectivity index (χ1) is 7.06. The highest BCUT2D eigenvalue weighted by molar-refractivity contribution is 5.64. The van der Waals surface area contributed by atoms with Crippen LogP contribution in [0, 0.1) is 15.9 Å². The number of hydrogen-bond acceptors (Lipinski definition) is 4. The average Bonchev–Trinajstić information content (AvgIpc) is 2.18. The predicted molar refractivity (Wildman–Crippen MR) is 52.8 cm³/mol. The van der Waals surface area contributed by atoms with Crippen LogP contribution in [0.2, 0.25) is 0 Å². The predicted octanol–water partition coefficient (Wildman–Crippen LogP) is 1.41. The number of phenolic OH excluding ortho intramolecular Hbond substituents is 1. The molecule has 5 nitrogen and oxygen atoms in total. The van der Waals surface area contributed by atoms with Crippen molar-refractivity contribution < 1.29 is 14.4 Å². The summed E-state index contributed by atoms with van der Waals surface area (Å²) in [6.45, 7) is 0.198. The van der Waals surface area contributed by atoms with Crippen molar-refractivity contribution in [2.45, 2.75) is 0 Å². The minimum absolute atomic E-state index is 0.0344. The van der Waals surface area contributed by atoms with E-state index >= 15 is 0 Å². The number of halogens is 1. The summed E-state index contributed by atoms with van der Waals surface area (Å²) in [6.07, 6.45) is 2.78. The zero-order valence-electron chi connectivity index (χ0n) is 7.68. The summed E-state index contributed by atoms with van der Waals surface area (Å²) in [5, 5.41) is 19.8. The van der Waals surface area contributed by atoms with E-state index in [1.165, 1.54) is 12.2 Å². The molecule has 0 bridgehead atoms. The molecule has 0 spiro atoms. The van der Waals surface area contributed by atoms with E-state index in [0.717, 1.165) is 6.07 Å². The molecule has 0 radical (unpaired) electrons. The molecule has 3 N–H and O–H groups in total. The van der Waals surface area contributed by atoms with Crippen LogP contribution >= 0.6 is 0 Å². The summed E-state index contributed by atoms with van der Waals surface area (Å²) in [5.74, 6) is -1.35. The first-order valence-corrected chi connectivity index (χ1v) is 4.09. The number of nitro benzene ring substituents is 1. The SMILES string of the molecule is NCC=Cc1cc(F)cc([N+](=O)[O-])c1O. The van der Waals surface area contributed by atoms with Gasteiger partial charge >= 0.3 is 5.69 Å². The monoisotopic (exact) mass is 212 g/mol. The van der Waals surface area contributed by atoms with Gasteiger partial charge in [-0.15, -0.1) is 0 Å². The fourth-order valence-corrected chi connectivity index (χ4v) is 1.07. The Kier molecular flexibility index (Phi) is 3.35. The van der Waals surface area contributed by atoms with Crippen LogP contribution in [0.15, 0.2) is 18.2 Å². The molecule has 0 unspecified atom stereocenters. The van der Waals surface area contributed by atoms with Gasteiger partial charge in [0.2, 0.25) is 5.75 Å². The van der Waals surface area contributed by atoms with Crippen LogP contribution in [0.3, 0.4) is 0 Å². The number of nitrogens with zero attached hydrogens (tertiary/aromatic N) is 1. The zero-order valence-corrected chi connectivity index (χ0v) is 7.68. The number of nitrogens with two attached hydrogens (primary N) is 1. The summed E-state index contributed by atoms with van der Waals surface area (Å²) < 4.78 is 12.9. The van der Waals surface area contributed by atoms with Crippen LogP contribution in [-0.2, 0) is 0 Å². The van der Waals surface area contributed by atoms with Gasteiger partial charge in [-0.3, -0.25) is 10.1 Å². The van der Waals surface area contributed by atoms with Gasteiger partial charge < -0.3 is 10.8 Å². The van der Waals surface area contributed by atoms with Crippen molar-refractivity contribution in [2.75, 3.05) is 6.54 Å². The summed E-state index contributed by atoms with van der Waals surface area (Å²) in [4.78, 5) is 9.58. The summed E-state index contributed by atoms with van der Waals surface area (Å²) in [7, 11) is 0. The van der Waals surface area contributed by atoms with Crippen LogP contribution in [0.25, 0.3) is 6.08 Å². The third kappa shape index (κ3) is 2.50. The van der Waals surface area contributed by atoms with Gasteiger partial charge in [-0.25, -0.2) is 4.39 Å². The molecular formula is C9H9FN2O3. The fraction of sp³-hybridized carbons (Fsp3) is 0.111. The molecule has 80 valence electrons. The molecule has 0 aliphatic heterocycles. The fourth-order valence-electron chi connectivity index (χ4n) is 1.07. The third-order valence-electron chi connectivity index (χ3n) is 1.71. The average molecular weight is 212 g/mol. The molecule has 0 amide bonds. The molecule has 0 saturated heterocycles. The number of aromatic hydroxyl groups is 1. The number of nitro groups is 1. The smallest absolute Gasteiger partial charge is 0.314 e. The second-order valence-corrected chi connectivity index (χ2v) is 2.76. The zero-order chi connectivity index (χ0) is 11.4. The second kappa shape index (κ2) is 4.52. The van der Waals surface area contributed by atoms with E-state index in [-0.39, 0.29) is 12.1 Å². The van der Waals surface area contributed by atoms with Crippen LogP contribution in [0.4, 0.5) is 10.1 Å². The van der Waals surface area contributed by atoms with Crippen LogP contribution in [0.5, 0.6) is 5.75 Å². The maximum absolute atomic E-state index is 12.9. The van der Waals surface area contributed by atoms with Gasteiger partial charge in [0.05, 0.1) is 11.0 Å². The van der Waals surface area contributed by atoms with Gasteiger partial charge in [-0.2, -0.15) is 0 Å². The standard InChI is InChI=1S/C9H9FN2O3/c10-7-4-6(2-1-3-11)9(13)8(5-7)12(14)15/h1-2,4-5,13H,3,11H2. The van der Waals surface area contributed by atoms with Gasteiger partial charge in [0.25, 0.3) is 0 Å². The molecular weight excluding hydrogens is 203 g/mol. The molecule has 0 heterocycles. The molecule has 0 atom stereocenters. The summed E-state index contributed by atoms with van der Waals surface area (Å²) >= 11 is 0. The molecule has 0 fully saturated rings. The molecule has 0 aliphatic rings. The number of rotatable bonds is 3. The topological polar surface area (TPSA) is 89.4 Å². The maximum Gasteiger partial charge on any atom is 0.314 e. The lowest BCUT2D eigenvalue weighted by Crippen LogP contribution is -1.94. The van der Waals surface area contributed by atoms with Crippen molar-refractivity contribution in [3.63, 3.8) is 0 Å². The second-order valence-electron chi connectivity index (χ2n) is 2.76. The Morgan fingerprint density at radius 1 is 1.60 bits per heavy atom. The number of phenols is 1. The highest BCUT2D eigenvalue weighted by Gasteiger charge is 2.17. The van der Waals surface area contributed by atoms with E-state index in [9.17, 15) is 19.6 Å². The molecule has 1 aromatic carbocycles. The lowest BCUT2D eigenvalue weighted by molar-refractivity contribution is -0.386. The Balaban J connectivity index is 3.28. The van der Waals surface area contributed by atoms with Gasteiger partial charge in [-0.05, 0) is 6.07 Å². The molecule has 0 saturated carbocycles. The van der Waals surface area contributed by atoms with Crippen LogP contribution in [-0.4, -0.2) is 16.6 Å². The van der Waals surface area contributed by atoms with E-state index in [2.05, 4.69) is 0 Å². The van der Waals surface area contributed by atoms with Gasteiger partial charge in [-0.1, -0.05) is 12.2 Å². The van der Waals surface area contributed by atoms with Crippen molar-refractivity contribution in [3.05, 3.63) is 39.7 Å². The molecule has 1 aromatic rings. The van der Waals surface area contributed by atoms with Crippen molar-refractivity contribution in [3.8, 4) is 5.75 Å². The van der Waals surface area contributed by atoms with E-state index in [1.54, 1.807) is 0 Å². The normalized spacial score (nSPS) is 10.8. The lowest BCUT2D eigenvalue weighted by Gasteiger charge is -2.00. The lowest BCUT2D eigenvalue weighted by atomic mass is 10.1. The van der Waals surface area contributed by atoms with E-state index in [1.807, 2.05) is 0 Å². The van der Waals surface area contributed by atoms with Crippen molar-refractivity contribution in [2.24, 2.45) is 5.73 Å². The Hall–Kier alpha value is -1.95. The largest absolute Gasteiger partial charge is 0.502 e. The quantitative estimate of drug-likeness (QED) is 0.585. The highest BCUT2D eigenvalue weighted by atomic mass is 19.1. The Morgan fingerprint density at radius 2 is 2.27 bits per heavy atom. The summed E-state index contributed by atoms with van der Waals surface area (Å²) in [5.41, 5.74) is 4.54. The molecule has 0 aromatic heterocycles. The molecule has 6 heteroatoms. The number of hydrogen-bond donors (Lipinski definition) is 2. The minimum atomic E-state index is -0.849. The summed E-state index contributed by atoms with van der Waals surface area (Å²) in [6, 6.07) is 1.66.